The third-order valence-electron chi connectivity index (χ3n) is 10.5. The molecule has 2 aliphatic heterocycles. The van der Waals surface area contributed by atoms with Gasteiger partial charge in [0.05, 0.1) is 40.2 Å². The highest BCUT2D eigenvalue weighted by molar-refractivity contribution is 5.96. The van der Waals surface area contributed by atoms with E-state index in [1.54, 1.807) is 12.1 Å². The maximum absolute atomic E-state index is 12.9. The number of imidazole rings is 2. The Morgan fingerprint density at radius 3 is 1.46 bits per heavy atom. The van der Waals surface area contributed by atoms with Crippen LogP contribution in [0, 0.1) is 64.2 Å². The summed E-state index contributed by atoms with van der Waals surface area (Å²) < 4.78 is 0. The Morgan fingerprint density at radius 1 is 0.661 bits per heavy atom. The maximum Gasteiger partial charge on any atom is 0.335 e. The quantitative estimate of drug-likeness (QED) is 0.129. The molecule has 0 aliphatic carbocycles. The molecule has 6 aromatic rings. The molecule has 0 atom stereocenters. The Balaban J connectivity index is 0.000000211. The third kappa shape index (κ3) is 10.5. The Kier molecular flexibility index (Phi) is 15.1. The van der Waals surface area contributed by atoms with Crippen molar-refractivity contribution >= 4 is 24.3 Å². The molecule has 2 aliphatic rings. The smallest absolute Gasteiger partial charge is 0.335 e. The molecule has 1 amide bonds. The first-order chi connectivity index (χ1) is 27.3. The largest absolute Gasteiger partial charge is 0.478 e. The van der Waals surface area contributed by atoms with Crippen molar-refractivity contribution in [2.24, 2.45) is 0 Å². The summed E-state index contributed by atoms with van der Waals surface area (Å²) in [7, 11) is 0. The first-order valence-corrected chi connectivity index (χ1v) is 18.9. The van der Waals surface area contributed by atoms with E-state index in [2.05, 4.69) is 37.4 Å². The van der Waals surface area contributed by atoms with Gasteiger partial charge in [0, 0.05) is 66.1 Å². The number of hydrogen-bond acceptors (Lipinski definition) is 7. The van der Waals surface area contributed by atoms with Gasteiger partial charge in [0.25, 0.3) is 5.91 Å². The van der Waals surface area contributed by atoms with Crippen LogP contribution in [-0.2, 0) is 0 Å². The number of nitriles is 2. The number of aromatic amines is 2. The monoisotopic (exact) mass is 810 g/mol. The second kappa shape index (κ2) is 19.8. The van der Waals surface area contributed by atoms with E-state index in [0.717, 1.165) is 75.3 Å². The Morgan fingerprint density at radius 2 is 1.08 bits per heavy atom. The van der Waals surface area contributed by atoms with E-state index in [4.69, 9.17) is 15.6 Å². The van der Waals surface area contributed by atoms with Crippen molar-refractivity contribution in [3.63, 3.8) is 0 Å². The van der Waals surface area contributed by atoms with E-state index in [1.165, 1.54) is 11.1 Å². The van der Waals surface area contributed by atoms with Crippen LogP contribution < -0.4 is 5.32 Å². The Bertz CT molecular complexity index is 2500. The number of benzene rings is 4. The minimum atomic E-state index is -0.920. The summed E-state index contributed by atoms with van der Waals surface area (Å²) in [6.45, 7) is 15.3. The molecule has 2 saturated heterocycles. The van der Waals surface area contributed by atoms with Crippen LogP contribution in [0.1, 0.15) is 96.4 Å². The van der Waals surface area contributed by atoms with Crippen molar-refractivity contribution < 1.29 is 14.7 Å². The number of likely N-dealkylation sites (tertiary alicyclic amines) is 1. The van der Waals surface area contributed by atoms with Crippen LogP contribution in [0.2, 0.25) is 0 Å². The summed E-state index contributed by atoms with van der Waals surface area (Å²) in [5.41, 5.74) is 12.6. The minimum Gasteiger partial charge on any atom is -0.478 e. The second-order valence-electron chi connectivity index (χ2n) is 14.7. The normalized spacial score (nSPS) is 13.0. The molecule has 8 rings (SSSR count). The second-order valence-corrected chi connectivity index (χ2v) is 14.7. The number of aromatic nitrogens is 4. The highest BCUT2D eigenvalue weighted by Crippen LogP contribution is 2.31. The number of nitrogens with zero attached hydrogens (tertiary/aromatic N) is 5. The summed E-state index contributed by atoms with van der Waals surface area (Å²) >= 11 is 0. The summed E-state index contributed by atoms with van der Waals surface area (Å²) in [5.74, 6) is 1.83. The van der Waals surface area contributed by atoms with E-state index in [-0.39, 0.29) is 31.3 Å². The summed E-state index contributed by atoms with van der Waals surface area (Å²) in [6.07, 6.45) is 0. The van der Waals surface area contributed by atoms with Crippen molar-refractivity contribution in [1.82, 2.24) is 30.2 Å². The highest BCUT2D eigenvalue weighted by atomic mass is 35.5. The molecule has 0 unspecified atom stereocenters. The number of halogens is 1. The van der Waals surface area contributed by atoms with E-state index in [1.807, 2.05) is 119 Å². The van der Waals surface area contributed by atoms with Gasteiger partial charge in [0.1, 0.15) is 11.6 Å². The fourth-order valence-electron chi connectivity index (χ4n) is 6.99. The van der Waals surface area contributed by atoms with E-state index in [0.29, 0.717) is 36.1 Å². The number of carboxylic acids is 1. The molecule has 0 radical (unpaired) electrons. The van der Waals surface area contributed by atoms with Gasteiger partial charge in [-0.1, -0.05) is 43.8 Å². The zero-order valence-electron chi connectivity index (χ0n) is 33.5. The van der Waals surface area contributed by atoms with Crippen LogP contribution in [0.3, 0.4) is 0 Å². The first kappa shape index (κ1) is 45.2. The van der Waals surface area contributed by atoms with Gasteiger partial charge in [-0.2, -0.15) is 10.5 Å². The average Bonchev–Trinajstić information content (AvgIpc) is 3.69. The number of amides is 1. The number of hydrogen-bond donors (Lipinski definition) is 4. The number of rotatable bonds is 6. The van der Waals surface area contributed by atoms with Crippen molar-refractivity contribution in [3.05, 3.63) is 152 Å². The van der Waals surface area contributed by atoms with Crippen molar-refractivity contribution in [2.45, 2.75) is 60.8 Å². The van der Waals surface area contributed by atoms with Gasteiger partial charge >= 0.3 is 5.97 Å². The number of aryl methyl sites for hydroxylation is 6. The number of carbonyl (C=O) groups is 2. The van der Waals surface area contributed by atoms with Crippen molar-refractivity contribution in [2.75, 3.05) is 26.2 Å². The van der Waals surface area contributed by atoms with Crippen LogP contribution in [0.25, 0.3) is 22.5 Å². The lowest BCUT2D eigenvalue weighted by Gasteiger charge is -2.39. The van der Waals surface area contributed by atoms with E-state index < -0.39 is 5.97 Å². The van der Waals surface area contributed by atoms with Crippen LogP contribution in [-0.4, -0.2) is 68.0 Å². The molecule has 4 N–H and O–H groups in total. The van der Waals surface area contributed by atoms with Crippen LogP contribution in [0.15, 0.2) is 84.9 Å². The van der Waals surface area contributed by atoms with Gasteiger partial charge in [-0.15, -0.1) is 12.4 Å². The lowest BCUT2D eigenvalue weighted by atomic mass is 9.90. The molecule has 0 saturated carbocycles. The predicted octanol–water partition coefficient (Wildman–Crippen LogP) is 9.12. The fraction of sp³-hybridized carbons (Fsp3) is 0.277. The number of nitrogens with one attached hydrogen (secondary N) is 3. The molecule has 0 spiro atoms. The number of carbonyl (C=O) groups excluding carboxylic acids is 1. The summed E-state index contributed by atoms with van der Waals surface area (Å²) in [6, 6.07) is 30.7. The van der Waals surface area contributed by atoms with Crippen LogP contribution in [0.5, 0.6) is 0 Å². The molecule has 12 heteroatoms. The predicted molar refractivity (Wildman–Crippen MR) is 234 cm³/mol. The van der Waals surface area contributed by atoms with Gasteiger partial charge in [-0.05, 0) is 112 Å². The van der Waals surface area contributed by atoms with Crippen LogP contribution >= 0.6 is 12.4 Å². The molecular weight excluding hydrogens is 760 g/mol. The zero-order chi connectivity index (χ0) is 40.8. The molecule has 59 heavy (non-hydrogen) atoms. The third-order valence-corrected chi connectivity index (χ3v) is 10.5. The standard InChI is InChI=1S/C23H22N4O.C13H14N2O2.C10H10N2.CH4.ClH/c1-14-4-7-19(10-21(14)22-15(2)25-16(3)26-22)23(28)27-12-20(13-27)18-8-5-17(11-24)6-9-18;1-7-4-5-10(13(16)17)6-11(7)12-8(2)14-9(3)15-12;11-5-8-1-3-9(4-2-8)10-6-12-7-10;;/h4-10,20H,12-13H2,1-3H3,(H,25,26);4-6H,1-3H3,(H,14,15)(H,16,17);1-4,10,12H,6-7H2;1H4;1H. The minimum absolute atomic E-state index is 0. The van der Waals surface area contributed by atoms with Gasteiger partial charge in [-0.25, -0.2) is 14.8 Å². The summed E-state index contributed by atoms with van der Waals surface area (Å²) in [5, 5.41) is 29.7. The molecule has 304 valence electrons. The lowest BCUT2D eigenvalue weighted by Crippen LogP contribution is -2.48. The number of carboxylic acid groups (broad SMARTS) is 1. The van der Waals surface area contributed by atoms with Gasteiger partial charge in [0.15, 0.2) is 0 Å². The SMILES string of the molecule is C.Cc1nc(-c2cc(C(=O)N3CC(c4ccc(C#N)cc4)C3)ccc2C)c(C)[nH]1.Cc1nc(-c2cc(C(=O)O)ccc2C)c(C)[nH]1.Cl.N#Cc1ccc(C2CNC2)cc1. The van der Waals surface area contributed by atoms with Gasteiger partial charge < -0.3 is 25.3 Å². The van der Waals surface area contributed by atoms with Gasteiger partial charge in [-0.3, -0.25) is 4.79 Å². The summed E-state index contributed by atoms with van der Waals surface area (Å²) in [4.78, 5) is 41.1. The molecular formula is C47H51ClN8O3. The topological polar surface area (TPSA) is 175 Å². The Hall–Kier alpha value is -6.53. The fourth-order valence-corrected chi connectivity index (χ4v) is 6.99. The molecule has 2 aromatic heterocycles. The van der Waals surface area contributed by atoms with E-state index >= 15 is 0 Å². The molecule has 2 fully saturated rings. The van der Waals surface area contributed by atoms with Crippen LogP contribution in [0.4, 0.5) is 0 Å². The number of H-pyrrole nitrogens is 2. The lowest BCUT2D eigenvalue weighted by molar-refractivity contribution is 0.0601. The van der Waals surface area contributed by atoms with Crippen molar-refractivity contribution in [1.29, 1.82) is 10.5 Å². The van der Waals surface area contributed by atoms with Gasteiger partial charge in [0.2, 0.25) is 0 Å². The van der Waals surface area contributed by atoms with E-state index in [9.17, 15) is 9.59 Å². The average molecular weight is 811 g/mol. The zero-order valence-corrected chi connectivity index (χ0v) is 34.3. The molecule has 4 aromatic carbocycles. The first-order valence-electron chi connectivity index (χ1n) is 18.9. The molecule has 4 heterocycles. The molecule has 11 nitrogen and oxygen atoms in total. The maximum atomic E-state index is 12.9. The van der Waals surface area contributed by atoms with Crippen molar-refractivity contribution in [3.8, 4) is 34.7 Å². The molecule has 0 bridgehead atoms. The Labute approximate surface area is 352 Å². The number of aromatic carboxylic acids is 1. The highest BCUT2D eigenvalue weighted by Gasteiger charge is 2.32.